The van der Waals surface area contributed by atoms with Crippen molar-refractivity contribution >= 4 is 11.9 Å². The number of aliphatic carboxylic acids is 1. The molecule has 1 unspecified atom stereocenters. The molecule has 0 aromatic heterocycles. The minimum atomic E-state index is -0.934. The van der Waals surface area contributed by atoms with Gasteiger partial charge in [-0.15, -0.1) is 0 Å². The number of rotatable bonds is 5. The molecule has 0 saturated heterocycles. The fourth-order valence-electron chi connectivity index (χ4n) is 1.88. The van der Waals surface area contributed by atoms with Gasteiger partial charge < -0.3 is 19.9 Å². The van der Waals surface area contributed by atoms with Crippen LogP contribution in [0.4, 0.5) is 0 Å². The zero-order valence-corrected chi connectivity index (χ0v) is 10.5. The van der Waals surface area contributed by atoms with E-state index in [-0.39, 0.29) is 31.6 Å². The van der Waals surface area contributed by atoms with Gasteiger partial charge in [0.05, 0.1) is 12.8 Å². The Bertz CT molecular complexity index is 500. The number of carboxylic acids is 1. The molecule has 1 aromatic rings. The van der Waals surface area contributed by atoms with E-state index in [4.69, 9.17) is 14.6 Å². The Morgan fingerprint density at radius 1 is 1.37 bits per heavy atom. The van der Waals surface area contributed by atoms with Crippen LogP contribution in [0.1, 0.15) is 18.9 Å². The molecule has 0 aliphatic carbocycles. The van der Waals surface area contributed by atoms with E-state index < -0.39 is 5.97 Å². The van der Waals surface area contributed by atoms with E-state index >= 15 is 0 Å². The quantitative estimate of drug-likeness (QED) is 0.827. The van der Waals surface area contributed by atoms with E-state index in [2.05, 4.69) is 5.32 Å². The number of fused-ring (bicyclic) bond motifs is 1. The van der Waals surface area contributed by atoms with Crippen LogP contribution >= 0.6 is 0 Å². The second-order valence-electron chi connectivity index (χ2n) is 4.43. The molecule has 1 atom stereocenters. The largest absolute Gasteiger partial charge is 0.481 e. The van der Waals surface area contributed by atoms with Gasteiger partial charge in [-0.3, -0.25) is 9.59 Å². The summed E-state index contributed by atoms with van der Waals surface area (Å²) in [7, 11) is 0. The smallest absolute Gasteiger partial charge is 0.305 e. The first kappa shape index (κ1) is 13.2. The molecule has 1 aromatic carbocycles. The molecule has 102 valence electrons. The predicted octanol–water partition coefficient (Wildman–Crippen LogP) is 0.937. The number of hydrogen-bond acceptors (Lipinski definition) is 4. The van der Waals surface area contributed by atoms with Crippen molar-refractivity contribution in [3.05, 3.63) is 23.8 Å². The Labute approximate surface area is 110 Å². The lowest BCUT2D eigenvalue weighted by molar-refractivity contribution is -0.137. The summed E-state index contributed by atoms with van der Waals surface area (Å²) in [4.78, 5) is 22.2. The minimum absolute atomic E-state index is 0.0904. The molecule has 2 N–H and O–H groups in total. The third-order valence-electron chi connectivity index (χ3n) is 2.69. The molecule has 6 nitrogen and oxygen atoms in total. The highest BCUT2D eigenvalue weighted by molar-refractivity contribution is 5.79. The second-order valence-corrected chi connectivity index (χ2v) is 4.43. The fraction of sp³-hybridized carbons (Fsp3) is 0.385. The summed E-state index contributed by atoms with van der Waals surface area (Å²) in [6, 6.07) is 4.91. The van der Waals surface area contributed by atoms with Gasteiger partial charge in [0.2, 0.25) is 12.7 Å². The summed E-state index contributed by atoms with van der Waals surface area (Å²) in [5.41, 5.74) is 0.796. The minimum Gasteiger partial charge on any atom is -0.481 e. The van der Waals surface area contributed by atoms with Crippen LogP contribution in [-0.2, 0) is 16.0 Å². The number of amides is 1. The molecule has 0 radical (unpaired) electrons. The van der Waals surface area contributed by atoms with E-state index in [0.29, 0.717) is 11.5 Å². The van der Waals surface area contributed by atoms with Crippen molar-refractivity contribution < 1.29 is 24.2 Å². The van der Waals surface area contributed by atoms with Crippen molar-refractivity contribution in [3.63, 3.8) is 0 Å². The number of carbonyl (C=O) groups is 2. The fourth-order valence-corrected chi connectivity index (χ4v) is 1.88. The second kappa shape index (κ2) is 5.60. The van der Waals surface area contributed by atoms with Crippen LogP contribution in [0, 0.1) is 0 Å². The van der Waals surface area contributed by atoms with Gasteiger partial charge in [-0.1, -0.05) is 6.07 Å². The summed E-state index contributed by atoms with van der Waals surface area (Å²) in [5.74, 6) is 0.149. The summed E-state index contributed by atoms with van der Waals surface area (Å²) in [6.45, 7) is 1.85. The summed E-state index contributed by atoms with van der Waals surface area (Å²) < 4.78 is 10.4. The molecule has 0 spiro atoms. The first-order valence-electron chi connectivity index (χ1n) is 5.94. The van der Waals surface area contributed by atoms with Crippen LogP contribution in [0.2, 0.25) is 0 Å². The van der Waals surface area contributed by atoms with Gasteiger partial charge >= 0.3 is 5.97 Å². The lowest BCUT2D eigenvalue weighted by Crippen LogP contribution is -2.35. The molecule has 0 saturated carbocycles. The maximum absolute atomic E-state index is 11.7. The van der Waals surface area contributed by atoms with E-state index in [0.717, 1.165) is 5.56 Å². The van der Waals surface area contributed by atoms with Crippen LogP contribution in [-0.4, -0.2) is 29.8 Å². The highest BCUT2D eigenvalue weighted by Gasteiger charge is 2.15. The Morgan fingerprint density at radius 2 is 2.11 bits per heavy atom. The number of carboxylic acid groups (broad SMARTS) is 1. The van der Waals surface area contributed by atoms with E-state index in [1.165, 1.54) is 0 Å². The van der Waals surface area contributed by atoms with Gasteiger partial charge in [-0.05, 0) is 24.6 Å². The van der Waals surface area contributed by atoms with E-state index in [9.17, 15) is 9.59 Å². The van der Waals surface area contributed by atoms with Gasteiger partial charge in [0, 0.05) is 6.04 Å². The molecule has 19 heavy (non-hydrogen) atoms. The summed E-state index contributed by atoms with van der Waals surface area (Å²) >= 11 is 0. The van der Waals surface area contributed by atoms with Gasteiger partial charge in [0.15, 0.2) is 11.5 Å². The van der Waals surface area contributed by atoms with E-state index in [1.807, 2.05) is 0 Å². The van der Waals surface area contributed by atoms with Crippen molar-refractivity contribution in [2.45, 2.75) is 25.8 Å². The maximum atomic E-state index is 11.7. The first-order valence-corrected chi connectivity index (χ1v) is 5.94. The molecule has 1 amide bonds. The zero-order valence-electron chi connectivity index (χ0n) is 10.5. The number of hydrogen-bond donors (Lipinski definition) is 2. The molecular formula is C13H15NO5. The van der Waals surface area contributed by atoms with Gasteiger partial charge in [-0.25, -0.2) is 0 Å². The van der Waals surface area contributed by atoms with Crippen LogP contribution in [0.3, 0.4) is 0 Å². The Balaban J connectivity index is 1.90. The van der Waals surface area contributed by atoms with Crippen LogP contribution in [0.15, 0.2) is 18.2 Å². The molecule has 1 aliphatic rings. The van der Waals surface area contributed by atoms with Crippen molar-refractivity contribution in [1.82, 2.24) is 5.32 Å². The Kier molecular flexibility index (Phi) is 3.89. The Hall–Kier alpha value is -2.24. The Morgan fingerprint density at radius 3 is 2.84 bits per heavy atom. The lowest BCUT2D eigenvalue weighted by atomic mass is 10.1. The maximum Gasteiger partial charge on any atom is 0.305 e. The third-order valence-corrected chi connectivity index (χ3v) is 2.69. The van der Waals surface area contributed by atoms with Crippen LogP contribution in [0.25, 0.3) is 0 Å². The highest BCUT2D eigenvalue weighted by Crippen LogP contribution is 2.32. The van der Waals surface area contributed by atoms with Gasteiger partial charge in [-0.2, -0.15) is 0 Å². The van der Waals surface area contributed by atoms with Crippen molar-refractivity contribution in [1.29, 1.82) is 0 Å². The van der Waals surface area contributed by atoms with Crippen LogP contribution < -0.4 is 14.8 Å². The average molecular weight is 265 g/mol. The molecule has 1 heterocycles. The topological polar surface area (TPSA) is 84.9 Å². The van der Waals surface area contributed by atoms with Crippen molar-refractivity contribution in [2.24, 2.45) is 0 Å². The summed E-state index contributed by atoms with van der Waals surface area (Å²) in [5, 5.41) is 11.2. The average Bonchev–Trinajstić information content (AvgIpc) is 2.74. The van der Waals surface area contributed by atoms with Crippen molar-refractivity contribution in [2.75, 3.05) is 6.79 Å². The molecule has 1 aliphatic heterocycles. The molecule has 0 fully saturated rings. The third kappa shape index (κ3) is 3.61. The predicted molar refractivity (Wildman–Crippen MR) is 66.1 cm³/mol. The van der Waals surface area contributed by atoms with E-state index in [1.54, 1.807) is 25.1 Å². The SMILES string of the molecule is CC(CC(=O)O)NC(=O)Cc1ccc2c(c1)OCO2. The monoisotopic (exact) mass is 265 g/mol. The zero-order chi connectivity index (χ0) is 13.8. The van der Waals surface area contributed by atoms with Crippen LogP contribution in [0.5, 0.6) is 11.5 Å². The van der Waals surface area contributed by atoms with Gasteiger partial charge in [0.1, 0.15) is 0 Å². The van der Waals surface area contributed by atoms with Crippen molar-refractivity contribution in [3.8, 4) is 11.5 Å². The van der Waals surface area contributed by atoms with Gasteiger partial charge in [0.25, 0.3) is 0 Å². The molecular weight excluding hydrogens is 250 g/mol. The number of ether oxygens (including phenoxy) is 2. The molecule has 6 heteroatoms. The lowest BCUT2D eigenvalue weighted by Gasteiger charge is -2.11. The first-order chi connectivity index (χ1) is 9.04. The highest BCUT2D eigenvalue weighted by atomic mass is 16.7. The number of carbonyl (C=O) groups excluding carboxylic acids is 1. The summed E-state index contributed by atoms with van der Waals surface area (Å²) in [6.07, 6.45) is 0.0908. The standard InChI is InChI=1S/C13H15NO5/c1-8(4-13(16)17)14-12(15)6-9-2-3-10-11(5-9)19-7-18-10/h2-3,5,8H,4,6-7H2,1H3,(H,14,15)(H,16,17). The number of nitrogens with one attached hydrogen (secondary N) is 1. The molecule has 2 rings (SSSR count). The number of benzene rings is 1. The molecule has 0 bridgehead atoms. The normalized spacial score (nSPS) is 13.9.